The van der Waals surface area contributed by atoms with E-state index in [0.717, 1.165) is 0 Å². The molecule has 1 heterocycles. The molecule has 0 atom stereocenters. The molecule has 0 radical (unpaired) electrons. The van der Waals surface area contributed by atoms with Crippen molar-refractivity contribution in [2.45, 2.75) is 0 Å². The van der Waals surface area contributed by atoms with Gasteiger partial charge in [0.25, 0.3) is 0 Å². The lowest BCUT2D eigenvalue weighted by Crippen LogP contribution is -2.07. The third kappa shape index (κ3) is 3.53. The maximum absolute atomic E-state index is 11.5. The fourth-order valence-electron chi connectivity index (χ4n) is 1.18. The van der Waals surface area contributed by atoms with Crippen LogP contribution >= 0.6 is 34.5 Å². The van der Waals surface area contributed by atoms with Crippen molar-refractivity contribution in [1.29, 1.82) is 0 Å². The van der Waals surface area contributed by atoms with E-state index in [4.69, 9.17) is 23.2 Å². The monoisotopic (exact) mass is 299 g/mol. The molecule has 0 bridgehead atoms. The predicted molar refractivity (Wildman–Crippen MR) is 74.0 cm³/mol. The number of nitrogens with one attached hydrogen (secondary N) is 1. The van der Waals surface area contributed by atoms with Gasteiger partial charge < -0.3 is 0 Å². The Morgan fingerprint density at radius 3 is 2.89 bits per heavy atom. The Balaban J connectivity index is 2.04. The number of aromatic nitrogens is 2. The number of rotatable bonds is 3. The van der Waals surface area contributed by atoms with Gasteiger partial charge in [0, 0.05) is 16.1 Å². The summed E-state index contributed by atoms with van der Waals surface area (Å²) in [5, 5.41) is 11.4. The first kappa shape index (κ1) is 13.0. The third-order valence-electron chi connectivity index (χ3n) is 1.97. The van der Waals surface area contributed by atoms with Crippen molar-refractivity contribution in [2.24, 2.45) is 0 Å². The highest BCUT2D eigenvalue weighted by atomic mass is 35.5. The van der Waals surface area contributed by atoms with Crippen LogP contribution < -0.4 is 5.32 Å². The van der Waals surface area contributed by atoms with Crippen LogP contribution in [0.4, 0.5) is 5.13 Å². The first-order valence-corrected chi connectivity index (χ1v) is 6.49. The predicted octanol–water partition coefficient (Wildman–Crippen LogP) is 3.50. The Morgan fingerprint density at radius 1 is 1.39 bits per heavy atom. The normalized spacial score (nSPS) is 10.8. The maximum Gasteiger partial charge on any atom is 0.250 e. The molecule has 92 valence electrons. The van der Waals surface area contributed by atoms with E-state index in [9.17, 15) is 4.79 Å². The summed E-state index contributed by atoms with van der Waals surface area (Å²) in [4.78, 5) is 11.5. The van der Waals surface area contributed by atoms with E-state index in [1.807, 2.05) is 0 Å². The Bertz CT molecular complexity index is 584. The summed E-state index contributed by atoms with van der Waals surface area (Å²) in [5.74, 6) is -0.294. The summed E-state index contributed by atoms with van der Waals surface area (Å²) >= 11 is 13.0. The van der Waals surface area contributed by atoms with E-state index in [-0.39, 0.29) is 5.91 Å². The molecule has 1 aromatic carbocycles. The van der Waals surface area contributed by atoms with Gasteiger partial charge in [-0.2, -0.15) is 0 Å². The number of nitrogens with zero attached hydrogens (tertiary/aromatic N) is 2. The molecule has 1 aromatic heterocycles. The number of amides is 1. The minimum Gasteiger partial charge on any atom is -0.297 e. The highest BCUT2D eigenvalue weighted by Crippen LogP contribution is 2.22. The molecular formula is C11H7Cl2N3OS. The number of carbonyl (C=O) groups excluding carboxylic acids is 1. The van der Waals surface area contributed by atoms with Crippen LogP contribution in [0.25, 0.3) is 6.08 Å². The molecule has 0 aliphatic rings. The minimum atomic E-state index is -0.294. The van der Waals surface area contributed by atoms with Gasteiger partial charge in [0.1, 0.15) is 5.51 Å². The third-order valence-corrected chi connectivity index (χ3v) is 3.14. The molecule has 1 amide bonds. The van der Waals surface area contributed by atoms with Crippen molar-refractivity contribution in [3.63, 3.8) is 0 Å². The van der Waals surface area contributed by atoms with Crippen molar-refractivity contribution in [2.75, 3.05) is 5.32 Å². The SMILES string of the molecule is O=C(/C=C\c1ccc(Cl)cc1Cl)Nc1nncs1. The topological polar surface area (TPSA) is 54.9 Å². The van der Waals surface area contributed by atoms with Crippen LogP contribution in [0.5, 0.6) is 0 Å². The molecule has 0 aliphatic carbocycles. The van der Waals surface area contributed by atoms with Gasteiger partial charge in [0.05, 0.1) is 0 Å². The number of benzene rings is 1. The second kappa shape index (κ2) is 5.95. The van der Waals surface area contributed by atoms with Crippen molar-refractivity contribution in [1.82, 2.24) is 10.2 Å². The average Bonchev–Trinajstić information content (AvgIpc) is 2.80. The van der Waals surface area contributed by atoms with Gasteiger partial charge in [-0.3, -0.25) is 10.1 Å². The van der Waals surface area contributed by atoms with Crippen molar-refractivity contribution in [3.8, 4) is 0 Å². The van der Waals surface area contributed by atoms with Crippen LogP contribution in [0.3, 0.4) is 0 Å². The molecule has 4 nitrogen and oxygen atoms in total. The van der Waals surface area contributed by atoms with Crippen LogP contribution in [-0.2, 0) is 4.79 Å². The molecule has 2 rings (SSSR count). The number of hydrogen-bond donors (Lipinski definition) is 1. The molecule has 0 unspecified atom stereocenters. The lowest BCUT2D eigenvalue weighted by atomic mass is 10.2. The summed E-state index contributed by atoms with van der Waals surface area (Å²) in [6.07, 6.45) is 2.98. The second-order valence-electron chi connectivity index (χ2n) is 3.23. The standard InChI is InChI=1S/C11H7Cl2N3OS/c12-8-3-1-7(9(13)5-8)2-4-10(17)15-11-16-14-6-18-11/h1-6H,(H,15,16,17)/b4-2-. The van der Waals surface area contributed by atoms with Gasteiger partial charge in [-0.05, 0) is 23.8 Å². The Morgan fingerprint density at radius 2 is 2.22 bits per heavy atom. The lowest BCUT2D eigenvalue weighted by molar-refractivity contribution is -0.111. The Labute approximate surface area is 117 Å². The molecule has 18 heavy (non-hydrogen) atoms. The summed E-state index contributed by atoms with van der Waals surface area (Å²) in [7, 11) is 0. The van der Waals surface area contributed by atoms with Crippen LogP contribution in [0.15, 0.2) is 29.8 Å². The zero-order chi connectivity index (χ0) is 13.0. The van der Waals surface area contributed by atoms with E-state index < -0.39 is 0 Å². The molecular weight excluding hydrogens is 293 g/mol. The molecule has 1 N–H and O–H groups in total. The molecule has 0 saturated heterocycles. The molecule has 2 aromatic rings. The van der Waals surface area contributed by atoms with E-state index in [0.29, 0.717) is 20.7 Å². The minimum absolute atomic E-state index is 0.294. The summed E-state index contributed by atoms with van der Waals surface area (Å²) in [5.41, 5.74) is 2.25. The summed E-state index contributed by atoms with van der Waals surface area (Å²) in [6, 6.07) is 5.06. The zero-order valence-corrected chi connectivity index (χ0v) is 11.3. The largest absolute Gasteiger partial charge is 0.297 e. The molecule has 7 heteroatoms. The first-order chi connectivity index (χ1) is 8.65. The van der Waals surface area contributed by atoms with Crippen LogP contribution in [0, 0.1) is 0 Å². The van der Waals surface area contributed by atoms with E-state index in [2.05, 4.69) is 15.5 Å². The lowest BCUT2D eigenvalue weighted by Gasteiger charge is -1.98. The Hall–Kier alpha value is -1.43. The Kier molecular flexibility index (Phi) is 4.30. The second-order valence-corrected chi connectivity index (χ2v) is 4.91. The van der Waals surface area contributed by atoms with E-state index in [1.54, 1.807) is 24.3 Å². The van der Waals surface area contributed by atoms with Crippen LogP contribution in [0.2, 0.25) is 10.0 Å². The number of anilines is 1. The fourth-order valence-corrected chi connectivity index (χ4v) is 2.10. The zero-order valence-electron chi connectivity index (χ0n) is 8.93. The quantitative estimate of drug-likeness (QED) is 0.883. The van der Waals surface area contributed by atoms with Gasteiger partial charge >= 0.3 is 0 Å². The van der Waals surface area contributed by atoms with Gasteiger partial charge in [-0.15, -0.1) is 10.2 Å². The van der Waals surface area contributed by atoms with Crippen molar-refractivity contribution >= 4 is 51.7 Å². The van der Waals surface area contributed by atoms with Gasteiger partial charge in [0.15, 0.2) is 0 Å². The van der Waals surface area contributed by atoms with Gasteiger partial charge in [0.2, 0.25) is 11.0 Å². The first-order valence-electron chi connectivity index (χ1n) is 4.85. The van der Waals surface area contributed by atoms with Gasteiger partial charge in [-0.1, -0.05) is 40.6 Å². The molecule has 0 saturated carbocycles. The average molecular weight is 300 g/mol. The van der Waals surface area contributed by atoms with Gasteiger partial charge in [-0.25, -0.2) is 0 Å². The summed E-state index contributed by atoms with van der Waals surface area (Å²) in [6.45, 7) is 0. The van der Waals surface area contributed by atoms with Crippen molar-refractivity contribution < 1.29 is 4.79 Å². The highest BCUT2D eigenvalue weighted by molar-refractivity contribution is 7.13. The molecule has 0 aliphatic heterocycles. The molecule has 0 fully saturated rings. The molecule has 0 spiro atoms. The van der Waals surface area contributed by atoms with Crippen molar-refractivity contribution in [3.05, 3.63) is 45.4 Å². The van der Waals surface area contributed by atoms with E-state index >= 15 is 0 Å². The highest BCUT2D eigenvalue weighted by Gasteiger charge is 2.02. The van der Waals surface area contributed by atoms with Crippen LogP contribution in [0.1, 0.15) is 5.56 Å². The number of halogens is 2. The van der Waals surface area contributed by atoms with E-state index in [1.165, 1.54) is 22.9 Å². The summed E-state index contributed by atoms with van der Waals surface area (Å²) < 4.78 is 0. The van der Waals surface area contributed by atoms with Crippen LogP contribution in [-0.4, -0.2) is 16.1 Å². The number of hydrogen-bond acceptors (Lipinski definition) is 4. The smallest absolute Gasteiger partial charge is 0.250 e. The number of carbonyl (C=O) groups is 1. The fraction of sp³-hybridized carbons (Fsp3) is 0. The maximum atomic E-state index is 11.5.